The topological polar surface area (TPSA) is 92.0 Å². The summed E-state index contributed by atoms with van der Waals surface area (Å²) in [7, 11) is 0. The maximum absolute atomic E-state index is 11.0. The highest BCUT2D eigenvalue weighted by atomic mass is 16.4. The Hall–Kier alpha value is -2.66. The molecule has 2 aromatic carbocycles. The molecule has 0 fully saturated rings. The van der Waals surface area contributed by atoms with Crippen LogP contribution in [-0.4, -0.2) is 21.0 Å². The van der Waals surface area contributed by atoms with Crippen molar-refractivity contribution in [3.63, 3.8) is 0 Å². The number of aromatic nitrogens is 2. The lowest BCUT2D eigenvalue weighted by Gasteiger charge is -2.08. The van der Waals surface area contributed by atoms with E-state index in [0.29, 0.717) is 17.8 Å². The van der Waals surface area contributed by atoms with Crippen LogP contribution in [0.3, 0.4) is 0 Å². The molecule has 3 rings (SSSR count). The Morgan fingerprint density at radius 1 is 1.24 bits per heavy atom. The Morgan fingerprint density at radius 3 is 2.71 bits per heavy atom. The van der Waals surface area contributed by atoms with Crippen molar-refractivity contribution in [2.45, 2.75) is 12.5 Å². The van der Waals surface area contributed by atoms with Crippen molar-refractivity contribution >= 4 is 17.0 Å². The first kappa shape index (κ1) is 13.3. The molecule has 0 saturated heterocycles. The molecule has 106 valence electrons. The summed E-state index contributed by atoms with van der Waals surface area (Å²) in [5.41, 5.74) is 8.94. The van der Waals surface area contributed by atoms with Gasteiger partial charge < -0.3 is 15.8 Å². The Kier molecular flexibility index (Phi) is 3.41. The normalized spacial score (nSPS) is 12.4. The van der Waals surface area contributed by atoms with Crippen LogP contribution in [0, 0.1) is 0 Å². The molecular formula is C16H15N3O2. The predicted molar refractivity (Wildman–Crippen MR) is 80.1 cm³/mol. The molecule has 0 aliphatic rings. The van der Waals surface area contributed by atoms with Crippen molar-refractivity contribution in [2.75, 3.05) is 0 Å². The van der Waals surface area contributed by atoms with E-state index in [9.17, 15) is 4.79 Å². The van der Waals surface area contributed by atoms with Gasteiger partial charge in [0, 0.05) is 0 Å². The predicted octanol–water partition coefficient (Wildman–Crippen LogP) is 2.50. The van der Waals surface area contributed by atoms with E-state index < -0.39 is 5.97 Å². The molecule has 0 bridgehead atoms. The van der Waals surface area contributed by atoms with Gasteiger partial charge >= 0.3 is 5.97 Å². The molecule has 0 spiro atoms. The summed E-state index contributed by atoms with van der Waals surface area (Å²) < 4.78 is 0. The molecule has 1 atom stereocenters. The number of imidazole rings is 1. The molecule has 0 saturated carbocycles. The third-order valence-electron chi connectivity index (χ3n) is 3.40. The molecule has 0 radical (unpaired) electrons. The summed E-state index contributed by atoms with van der Waals surface area (Å²) in [5, 5.41) is 8.99. The van der Waals surface area contributed by atoms with Gasteiger partial charge in [-0.25, -0.2) is 9.78 Å². The standard InChI is InChI=1S/C16H15N3O2/c17-12(8-10-4-2-1-3-5-10)15-18-13-7-6-11(16(20)21)9-14(13)19-15/h1-7,9,12H,8,17H2,(H,18,19)(H,20,21). The van der Waals surface area contributed by atoms with E-state index in [4.69, 9.17) is 10.8 Å². The minimum atomic E-state index is -0.963. The number of hydrogen-bond donors (Lipinski definition) is 3. The zero-order valence-corrected chi connectivity index (χ0v) is 11.3. The molecule has 4 N–H and O–H groups in total. The molecule has 0 aliphatic carbocycles. The van der Waals surface area contributed by atoms with E-state index in [1.54, 1.807) is 18.2 Å². The van der Waals surface area contributed by atoms with Crippen LogP contribution >= 0.6 is 0 Å². The van der Waals surface area contributed by atoms with Gasteiger partial charge in [0.15, 0.2) is 0 Å². The van der Waals surface area contributed by atoms with Crippen molar-refractivity contribution in [2.24, 2.45) is 5.73 Å². The maximum Gasteiger partial charge on any atom is 0.335 e. The number of carboxylic acid groups (broad SMARTS) is 1. The van der Waals surface area contributed by atoms with Crippen LogP contribution < -0.4 is 5.73 Å². The third kappa shape index (κ3) is 2.78. The second kappa shape index (κ2) is 5.38. The molecule has 21 heavy (non-hydrogen) atoms. The molecule has 5 nitrogen and oxygen atoms in total. The van der Waals surface area contributed by atoms with E-state index in [1.807, 2.05) is 30.3 Å². The SMILES string of the molecule is NC(Cc1ccccc1)c1nc2cc(C(=O)O)ccc2[nH]1. The Bertz CT molecular complexity index is 781. The summed E-state index contributed by atoms with van der Waals surface area (Å²) in [4.78, 5) is 18.5. The quantitative estimate of drug-likeness (QED) is 0.685. The lowest BCUT2D eigenvalue weighted by Crippen LogP contribution is -2.14. The summed E-state index contributed by atoms with van der Waals surface area (Å²) in [5.74, 6) is -0.300. The van der Waals surface area contributed by atoms with Crippen molar-refractivity contribution in [1.29, 1.82) is 0 Å². The van der Waals surface area contributed by atoms with Gasteiger partial charge in [-0.1, -0.05) is 30.3 Å². The molecular weight excluding hydrogens is 266 g/mol. The number of carboxylic acids is 1. The van der Waals surface area contributed by atoms with Crippen LogP contribution in [0.5, 0.6) is 0 Å². The van der Waals surface area contributed by atoms with Crippen LogP contribution in [0.1, 0.15) is 27.8 Å². The maximum atomic E-state index is 11.0. The average molecular weight is 281 g/mol. The molecule has 1 heterocycles. The van der Waals surface area contributed by atoms with Crippen LogP contribution in [0.4, 0.5) is 0 Å². The zero-order chi connectivity index (χ0) is 14.8. The Labute approximate surface area is 121 Å². The summed E-state index contributed by atoms with van der Waals surface area (Å²) in [6, 6.07) is 14.5. The number of aromatic carboxylic acids is 1. The molecule has 3 aromatic rings. The fourth-order valence-corrected chi connectivity index (χ4v) is 2.30. The van der Waals surface area contributed by atoms with Gasteiger partial charge in [0.2, 0.25) is 0 Å². The number of nitrogens with two attached hydrogens (primary N) is 1. The van der Waals surface area contributed by atoms with E-state index in [0.717, 1.165) is 11.1 Å². The fraction of sp³-hybridized carbons (Fsp3) is 0.125. The van der Waals surface area contributed by atoms with Crippen LogP contribution in [-0.2, 0) is 6.42 Å². The number of nitrogens with zero attached hydrogens (tertiary/aromatic N) is 1. The van der Waals surface area contributed by atoms with Gasteiger partial charge in [0.25, 0.3) is 0 Å². The van der Waals surface area contributed by atoms with Crippen LogP contribution in [0.25, 0.3) is 11.0 Å². The monoisotopic (exact) mass is 281 g/mol. The highest BCUT2D eigenvalue weighted by molar-refractivity contribution is 5.92. The molecule has 1 unspecified atom stereocenters. The number of nitrogens with one attached hydrogen (secondary N) is 1. The fourth-order valence-electron chi connectivity index (χ4n) is 2.30. The molecule has 0 amide bonds. The second-order valence-electron chi connectivity index (χ2n) is 4.96. The van der Waals surface area contributed by atoms with E-state index in [1.165, 1.54) is 0 Å². The molecule has 1 aromatic heterocycles. The minimum absolute atomic E-state index is 0.220. The number of benzene rings is 2. The van der Waals surface area contributed by atoms with E-state index in [-0.39, 0.29) is 11.6 Å². The van der Waals surface area contributed by atoms with Crippen LogP contribution in [0.2, 0.25) is 0 Å². The highest BCUT2D eigenvalue weighted by Crippen LogP contribution is 2.19. The van der Waals surface area contributed by atoms with Gasteiger partial charge in [-0.15, -0.1) is 0 Å². The zero-order valence-electron chi connectivity index (χ0n) is 11.3. The lowest BCUT2D eigenvalue weighted by molar-refractivity contribution is 0.0697. The number of rotatable bonds is 4. The van der Waals surface area contributed by atoms with E-state index in [2.05, 4.69) is 9.97 Å². The molecule has 0 aliphatic heterocycles. The first-order valence-electron chi connectivity index (χ1n) is 6.66. The summed E-state index contributed by atoms with van der Waals surface area (Å²) in [6.45, 7) is 0. The van der Waals surface area contributed by atoms with E-state index >= 15 is 0 Å². The largest absolute Gasteiger partial charge is 0.478 e. The smallest absolute Gasteiger partial charge is 0.335 e. The van der Waals surface area contributed by atoms with Crippen molar-refractivity contribution in [3.8, 4) is 0 Å². The number of fused-ring (bicyclic) bond motifs is 1. The Morgan fingerprint density at radius 2 is 2.00 bits per heavy atom. The second-order valence-corrected chi connectivity index (χ2v) is 4.96. The van der Waals surface area contributed by atoms with Gasteiger partial charge in [-0.3, -0.25) is 0 Å². The van der Waals surface area contributed by atoms with Crippen molar-refractivity contribution in [1.82, 2.24) is 9.97 Å². The van der Waals surface area contributed by atoms with Crippen molar-refractivity contribution < 1.29 is 9.90 Å². The van der Waals surface area contributed by atoms with Crippen molar-refractivity contribution in [3.05, 3.63) is 65.5 Å². The first-order chi connectivity index (χ1) is 10.1. The minimum Gasteiger partial charge on any atom is -0.478 e. The average Bonchev–Trinajstić information content (AvgIpc) is 2.91. The number of H-pyrrole nitrogens is 1. The lowest BCUT2D eigenvalue weighted by atomic mass is 10.1. The first-order valence-corrected chi connectivity index (χ1v) is 6.66. The van der Waals surface area contributed by atoms with Gasteiger partial charge in [0.1, 0.15) is 5.82 Å². The van der Waals surface area contributed by atoms with Gasteiger partial charge in [-0.05, 0) is 30.2 Å². The number of aromatic amines is 1. The number of hydrogen-bond acceptors (Lipinski definition) is 3. The van der Waals surface area contributed by atoms with Crippen LogP contribution in [0.15, 0.2) is 48.5 Å². The molecule has 5 heteroatoms. The summed E-state index contributed by atoms with van der Waals surface area (Å²) >= 11 is 0. The highest BCUT2D eigenvalue weighted by Gasteiger charge is 2.13. The number of carbonyl (C=O) groups is 1. The third-order valence-corrected chi connectivity index (χ3v) is 3.40. The summed E-state index contributed by atoms with van der Waals surface area (Å²) in [6.07, 6.45) is 0.673. The Balaban J connectivity index is 1.88. The van der Waals surface area contributed by atoms with Gasteiger partial charge in [-0.2, -0.15) is 0 Å². The van der Waals surface area contributed by atoms with Gasteiger partial charge in [0.05, 0.1) is 22.6 Å².